The Kier molecular flexibility index (Phi) is 10.2. The second kappa shape index (κ2) is 12.1. The zero-order valence-electron chi connectivity index (χ0n) is 16.9. The quantitative estimate of drug-likeness (QED) is 0.646. The van der Waals surface area contributed by atoms with Gasteiger partial charge in [-0.1, -0.05) is 24.3 Å². The van der Waals surface area contributed by atoms with Crippen LogP contribution in [0.1, 0.15) is 15.9 Å². The smallest absolute Gasteiger partial charge is 0.253 e. The Balaban J connectivity index is 0.00000420. The zero-order valence-corrected chi connectivity index (χ0v) is 17.7. The molecule has 2 amide bonds. The van der Waals surface area contributed by atoms with Gasteiger partial charge in [-0.15, -0.1) is 12.4 Å². The maximum atomic E-state index is 12.7. The minimum absolute atomic E-state index is 0. The fourth-order valence-corrected chi connectivity index (χ4v) is 2.78. The van der Waals surface area contributed by atoms with Crippen LogP contribution in [0.25, 0.3) is 0 Å². The third-order valence-electron chi connectivity index (χ3n) is 4.36. The summed E-state index contributed by atoms with van der Waals surface area (Å²) in [7, 11) is 4.70. The van der Waals surface area contributed by atoms with E-state index in [9.17, 15) is 9.59 Å². The van der Waals surface area contributed by atoms with Crippen LogP contribution in [0.2, 0.25) is 0 Å². The third kappa shape index (κ3) is 6.74. The fourth-order valence-electron chi connectivity index (χ4n) is 2.78. The van der Waals surface area contributed by atoms with Crippen molar-refractivity contribution in [3.63, 3.8) is 0 Å². The normalized spacial score (nSPS) is 11.2. The van der Waals surface area contributed by atoms with Crippen LogP contribution in [0.4, 0.5) is 5.69 Å². The molecule has 3 N–H and O–H groups in total. The number of halogens is 1. The molecule has 2 aromatic rings. The number of hydrogen-bond acceptors (Lipinski definition) is 5. The molecule has 7 nitrogen and oxygen atoms in total. The predicted octanol–water partition coefficient (Wildman–Crippen LogP) is 2.03. The molecule has 0 saturated heterocycles. The van der Waals surface area contributed by atoms with E-state index in [1.54, 1.807) is 38.4 Å². The van der Waals surface area contributed by atoms with E-state index in [0.717, 1.165) is 11.3 Å². The number of ether oxygens (including phenoxy) is 2. The molecule has 0 aliphatic rings. The second-order valence-electron chi connectivity index (χ2n) is 6.33. The highest BCUT2D eigenvalue weighted by Crippen LogP contribution is 2.20. The lowest BCUT2D eigenvalue weighted by atomic mass is 10.1. The number of anilines is 1. The van der Waals surface area contributed by atoms with Gasteiger partial charge in [0.25, 0.3) is 5.91 Å². The molecule has 2 aromatic carbocycles. The predicted molar refractivity (Wildman–Crippen MR) is 116 cm³/mol. The third-order valence-corrected chi connectivity index (χ3v) is 4.36. The average molecular weight is 422 g/mol. The van der Waals surface area contributed by atoms with Crippen molar-refractivity contribution in [2.24, 2.45) is 5.73 Å². The summed E-state index contributed by atoms with van der Waals surface area (Å²) in [6.45, 7) is 0.583. The van der Waals surface area contributed by atoms with Gasteiger partial charge in [0.2, 0.25) is 5.91 Å². The number of nitrogens with zero attached hydrogens (tertiary/aromatic N) is 1. The standard InChI is InChI=1S/C21H27N3O4.ClH/c1-24(21(26)18(22)14-27-2)19-7-5-4-6-17(19)20(25)23-13-12-15-8-10-16(28-3)11-9-15;/h4-11,18H,12-14,22H2,1-3H3,(H,23,25);1H. The van der Waals surface area contributed by atoms with Gasteiger partial charge in [-0.05, 0) is 36.2 Å². The van der Waals surface area contributed by atoms with E-state index in [1.807, 2.05) is 24.3 Å². The first-order valence-corrected chi connectivity index (χ1v) is 9.00. The van der Waals surface area contributed by atoms with E-state index in [4.69, 9.17) is 15.2 Å². The van der Waals surface area contributed by atoms with Crippen molar-refractivity contribution < 1.29 is 19.1 Å². The summed E-state index contributed by atoms with van der Waals surface area (Å²) in [5, 5.41) is 2.90. The largest absolute Gasteiger partial charge is 0.497 e. The lowest BCUT2D eigenvalue weighted by molar-refractivity contribution is -0.120. The highest BCUT2D eigenvalue weighted by molar-refractivity contribution is 6.05. The van der Waals surface area contributed by atoms with Crippen molar-refractivity contribution in [2.75, 3.05) is 39.3 Å². The Hall–Kier alpha value is -2.61. The van der Waals surface area contributed by atoms with Crippen molar-refractivity contribution in [1.29, 1.82) is 0 Å². The van der Waals surface area contributed by atoms with Crippen molar-refractivity contribution >= 4 is 29.9 Å². The van der Waals surface area contributed by atoms with Gasteiger partial charge in [0, 0.05) is 20.7 Å². The topological polar surface area (TPSA) is 93.9 Å². The van der Waals surface area contributed by atoms with Crippen LogP contribution in [-0.2, 0) is 16.0 Å². The molecule has 0 bridgehead atoms. The fraction of sp³-hybridized carbons (Fsp3) is 0.333. The molecule has 1 unspecified atom stereocenters. The Bertz CT molecular complexity index is 799. The number of para-hydroxylation sites is 1. The van der Waals surface area contributed by atoms with Gasteiger partial charge in [0.1, 0.15) is 11.8 Å². The minimum Gasteiger partial charge on any atom is -0.497 e. The number of carbonyl (C=O) groups is 2. The van der Waals surface area contributed by atoms with Crippen molar-refractivity contribution in [3.8, 4) is 5.75 Å². The van der Waals surface area contributed by atoms with Gasteiger partial charge < -0.3 is 25.4 Å². The first-order chi connectivity index (χ1) is 13.5. The molecule has 0 aromatic heterocycles. The van der Waals surface area contributed by atoms with Gasteiger partial charge in [-0.25, -0.2) is 0 Å². The summed E-state index contributed by atoms with van der Waals surface area (Å²) in [5.41, 5.74) is 7.84. The first kappa shape index (κ1) is 24.4. The SMILES string of the molecule is COCC(N)C(=O)N(C)c1ccccc1C(=O)NCCc1ccc(OC)cc1.Cl. The van der Waals surface area contributed by atoms with E-state index in [0.29, 0.717) is 24.2 Å². The van der Waals surface area contributed by atoms with Crippen molar-refractivity contribution in [1.82, 2.24) is 5.32 Å². The molecule has 8 heteroatoms. The maximum absolute atomic E-state index is 12.7. The lowest BCUT2D eigenvalue weighted by Gasteiger charge is -2.23. The van der Waals surface area contributed by atoms with Gasteiger partial charge in [0.15, 0.2) is 0 Å². The Morgan fingerprint density at radius 1 is 1.10 bits per heavy atom. The maximum Gasteiger partial charge on any atom is 0.253 e. The van der Waals surface area contributed by atoms with Gasteiger partial charge in [-0.3, -0.25) is 9.59 Å². The Morgan fingerprint density at radius 3 is 2.38 bits per heavy atom. The lowest BCUT2D eigenvalue weighted by Crippen LogP contribution is -2.45. The molecule has 1 atom stereocenters. The Morgan fingerprint density at radius 2 is 1.76 bits per heavy atom. The molecule has 0 saturated carbocycles. The van der Waals surface area contributed by atoms with Crippen LogP contribution >= 0.6 is 12.4 Å². The molecule has 0 fully saturated rings. The molecule has 0 radical (unpaired) electrons. The van der Waals surface area contributed by atoms with E-state index >= 15 is 0 Å². The van der Waals surface area contributed by atoms with Gasteiger partial charge in [0.05, 0.1) is 25.0 Å². The summed E-state index contributed by atoms with van der Waals surface area (Å²) >= 11 is 0. The molecule has 0 aliphatic carbocycles. The summed E-state index contributed by atoms with van der Waals surface area (Å²) in [6, 6.07) is 13.8. The number of nitrogens with two attached hydrogens (primary N) is 1. The monoisotopic (exact) mass is 421 g/mol. The second-order valence-corrected chi connectivity index (χ2v) is 6.33. The number of hydrogen-bond donors (Lipinski definition) is 2. The van der Waals surface area contributed by atoms with Crippen LogP contribution in [-0.4, -0.2) is 52.3 Å². The Labute approximate surface area is 177 Å². The number of methoxy groups -OCH3 is 2. The molecule has 2 rings (SSSR count). The number of likely N-dealkylation sites (N-methyl/N-ethyl adjacent to an activating group) is 1. The average Bonchev–Trinajstić information content (AvgIpc) is 2.73. The van der Waals surface area contributed by atoms with Crippen LogP contribution in [0.15, 0.2) is 48.5 Å². The highest BCUT2D eigenvalue weighted by Gasteiger charge is 2.22. The molecule has 0 aliphatic heterocycles. The number of amides is 2. The van der Waals surface area contributed by atoms with Crippen molar-refractivity contribution in [3.05, 3.63) is 59.7 Å². The van der Waals surface area contributed by atoms with E-state index in [1.165, 1.54) is 12.0 Å². The van der Waals surface area contributed by atoms with Crippen LogP contribution in [0.3, 0.4) is 0 Å². The van der Waals surface area contributed by atoms with E-state index in [2.05, 4.69) is 5.32 Å². The summed E-state index contributed by atoms with van der Waals surface area (Å²) in [5.74, 6) is 0.227. The number of rotatable bonds is 9. The zero-order chi connectivity index (χ0) is 20.5. The van der Waals surface area contributed by atoms with Crippen LogP contribution in [0.5, 0.6) is 5.75 Å². The number of nitrogens with one attached hydrogen (secondary N) is 1. The summed E-state index contributed by atoms with van der Waals surface area (Å²) < 4.78 is 10.1. The molecule has 29 heavy (non-hydrogen) atoms. The molecule has 0 spiro atoms. The van der Waals surface area contributed by atoms with E-state index < -0.39 is 6.04 Å². The van der Waals surface area contributed by atoms with Crippen molar-refractivity contribution in [2.45, 2.75) is 12.5 Å². The van der Waals surface area contributed by atoms with E-state index in [-0.39, 0.29) is 30.8 Å². The highest BCUT2D eigenvalue weighted by atomic mass is 35.5. The first-order valence-electron chi connectivity index (χ1n) is 9.00. The number of carbonyl (C=O) groups excluding carboxylic acids is 2. The molecule has 0 heterocycles. The summed E-state index contributed by atoms with van der Waals surface area (Å²) in [6.07, 6.45) is 0.686. The van der Waals surface area contributed by atoms with Gasteiger partial charge in [-0.2, -0.15) is 0 Å². The number of benzene rings is 2. The van der Waals surface area contributed by atoms with Crippen LogP contribution in [0, 0.1) is 0 Å². The van der Waals surface area contributed by atoms with Crippen LogP contribution < -0.4 is 20.7 Å². The van der Waals surface area contributed by atoms with Gasteiger partial charge >= 0.3 is 0 Å². The molecular weight excluding hydrogens is 394 g/mol. The molecular formula is C21H28ClN3O4. The minimum atomic E-state index is -0.791. The summed E-state index contributed by atoms with van der Waals surface area (Å²) in [4.78, 5) is 26.5. The molecule has 158 valence electrons.